The number of rotatable bonds is 5. The van der Waals surface area contributed by atoms with Crippen LogP contribution in [0.2, 0.25) is 0 Å². The Hall–Kier alpha value is -3.91. The molecule has 11 nitrogen and oxygen atoms in total. The average Bonchev–Trinajstić information content (AvgIpc) is 3.46. The maximum absolute atomic E-state index is 13.0. The molecule has 1 fully saturated rings. The van der Waals surface area contributed by atoms with Crippen LogP contribution >= 0.6 is 0 Å². The number of ether oxygens (including phenoxy) is 3. The van der Waals surface area contributed by atoms with Gasteiger partial charge in [-0.3, -0.25) is 19.4 Å². The highest BCUT2D eigenvalue weighted by Crippen LogP contribution is 2.58. The standard InChI is InChI=1S/C31H37F3N4O7/c1-12-7-16-8-18-15(4)38-19(23(37(18)5)21(16)25(40)26(12)43-6)9-17-22(28-27(44-11-45-28)13(2)24(17)39)20(38)10-35-29(41)14(3)36-30(42)31(32,33)34/h7,14-15,18-20,23,39-40H,8-11H2,1-6H3,(H,35,41)(H,36,42)/t14-,15-,18-,19?,20-,23-/m0/s1. The summed E-state index contributed by atoms with van der Waals surface area (Å²) in [5, 5.41) is 27.5. The first-order chi connectivity index (χ1) is 21.2. The molecule has 0 radical (unpaired) electrons. The molecule has 4 heterocycles. The van der Waals surface area contributed by atoms with Gasteiger partial charge in [-0.05, 0) is 58.7 Å². The third-order valence-electron chi connectivity index (χ3n) is 9.97. The van der Waals surface area contributed by atoms with E-state index in [0.717, 1.165) is 16.7 Å². The van der Waals surface area contributed by atoms with E-state index >= 15 is 0 Å². The van der Waals surface area contributed by atoms with Crippen molar-refractivity contribution < 1.29 is 47.2 Å². The summed E-state index contributed by atoms with van der Waals surface area (Å²) < 4.78 is 55.8. The van der Waals surface area contributed by atoms with Gasteiger partial charge in [-0.1, -0.05) is 6.07 Å². The lowest BCUT2D eigenvalue weighted by Crippen LogP contribution is -2.68. The van der Waals surface area contributed by atoms with Crippen molar-refractivity contribution in [3.05, 3.63) is 39.4 Å². The van der Waals surface area contributed by atoms with E-state index in [-0.39, 0.29) is 49.0 Å². The van der Waals surface area contributed by atoms with Crippen LogP contribution < -0.4 is 24.8 Å². The monoisotopic (exact) mass is 634 g/mol. The fraction of sp³-hybridized carbons (Fsp3) is 0.548. The number of alkyl halides is 3. The Morgan fingerprint density at radius 2 is 1.80 bits per heavy atom. The molecule has 1 unspecified atom stereocenters. The van der Waals surface area contributed by atoms with Crippen molar-refractivity contribution in [2.75, 3.05) is 27.5 Å². The van der Waals surface area contributed by atoms with Crippen LogP contribution in [-0.2, 0) is 22.4 Å². The summed E-state index contributed by atoms with van der Waals surface area (Å²) in [6, 6.07) is -0.744. The average molecular weight is 635 g/mol. The fourth-order valence-corrected chi connectivity index (χ4v) is 7.95. The van der Waals surface area contributed by atoms with Gasteiger partial charge in [-0.25, -0.2) is 0 Å². The minimum Gasteiger partial charge on any atom is -0.507 e. The third-order valence-corrected chi connectivity index (χ3v) is 9.97. The SMILES string of the molecule is COc1c(C)cc2c(c1O)[C@@H]1C3Cc4c(O)c(C)c5c(c4[C@H](CNC(=O)[C@H](C)NC(=O)C(F)(F)F)N3[C@@H](C)[C@H](C2)N1C)OCO5. The number of hydrogen-bond donors (Lipinski definition) is 4. The lowest BCUT2D eigenvalue weighted by Gasteiger charge is -2.61. The van der Waals surface area contributed by atoms with Crippen LogP contribution in [-0.4, -0.2) is 89.7 Å². The molecular formula is C31H37F3N4O7. The molecule has 14 heteroatoms. The number of phenolic OH excluding ortho intramolecular Hbond substituents is 2. The highest BCUT2D eigenvalue weighted by molar-refractivity contribution is 5.89. The summed E-state index contributed by atoms with van der Waals surface area (Å²) in [7, 11) is 3.52. The molecule has 0 saturated carbocycles. The molecule has 2 amide bonds. The minimum absolute atomic E-state index is 0.0000408. The number of methoxy groups -OCH3 is 1. The first-order valence-electron chi connectivity index (χ1n) is 14.8. The van der Waals surface area contributed by atoms with Crippen molar-refractivity contribution in [1.82, 2.24) is 20.4 Å². The van der Waals surface area contributed by atoms with Crippen molar-refractivity contribution >= 4 is 11.8 Å². The number of aromatic hydroxyl groups is 2. The second kappa shape index (κ2) is 10.9. The number of aryl methyl sites for hydroxylation is 1. The van der Waals surface area contributed by atoms with Crippen LogP contribution in [0.5, 0.6) is 28.7 Å². The number of likely N-dealkylation sites (N-methyl/N-ethyl adjacent to an activating group) is 1. The Morgan fingerprint density at radius 1 is 1.11 bits per heavy atom. The number of nitrogens with one attached hydrogen (secondary N) is 2. The first-order valence-corrected chi connectivity index (χ1v) is 14.8. The molecule has 4 aliphatic rings. The number of halogens is 3. The molecule has 0 aromatic heterocycles. The Bertz CT molecular complexity index is 1580. The van der Waals surface area contributed by atoms with E-state index < -0.39 is 30.1 Å². The van der Waals surface area contributed by atoms with Crippen LogP contribution in [0.25, 0.3) is 0 Å². The normalized spacial score (nSPS) is 25.9. The van der Waals surface area contributed by atoms with Gasteiger partial charge in [0.2, 0.25) is 12.7 Å². The molecule has 2 aromatic carbocycles. The van der Waals surface area contributed by atoms with Crippen molar-refractivity contribution in [2.45, 2.75) is 83.0 Å². The van der Waals surface area contributed by atoms with E-state index in [1.165, 1.54) is 14.0 Å². The summed E-state index contributed by atoms with van der Waals surface area (Å²) in [5.74, 6) is -1.66. The Kier molecular flexibility index (Phi) is 7.51. The summed E-state index contributed by atoms with van der Waals surface area (Å²) in [5.41, 5.74) is 4.34. The molecule has 45 heavy (non-hydrogen) atoms. The summed E-state index contributed by atoms with van der Waals surface area (Å²) in [4.78, 5) is 29.0. The third kappa shape index (κ3) is 4.71. The van der Waals surface area contributed by atoms with E-state index in [0.29, 0.717) is 46.8 Å². The quantitative estimate of drug-likeness (QED) is 0.392. The zero-order valence-corrected chi connectivity index (χ0v) is 25.8. The van der Waals surface area contributed by atoms with Gasteiger partial charge in [0.25, 0.3) is 0 Å². The van der Waals surface area contributed by atoms with E-state index in [4.69, 9.17) is 14.2 Å². The number of benzene rings is 2. The van der Waals surface area contributed by atoms with Crippen molar-refractivity contribution in [3.8, 4) is 28.7 Å². The second-order valence-corrected chi connectivity index (χ2v) is 12.4. The van der Waals surface area contributed by atoms with E-state index in [9.17, 15) is 33.0 Å². The van der Waals surface area contributed by atoms with Gasteiger partial charge in [0.05, 0.1) is 19.2 Å². The van der Waals surface area contributed by atoms with E-state index in [1.54, 1.807) is 12.2 Å². The lowest BCUT2D eigenvalue weighted by atomic mass is 9.71. The molecule has 0 aliphatic carbocycles. The zero-order chi connectivity index (χ0) is 32.7. The summed E-state index contributed by atoms with van der Waals surface area (Å²) in [6.07, 6.45) is -4.12. The zero-order valence-electron chi connectivity index (χ0n) is 25.8. The Balaban J connectivity index is 1.45. The van der Waals surface area contributed by atoms with Crippen molar-refractivity contribution in [2.24, 2.45) is 0 Å². The second-order valence-electron chi connectivity index (χ2n) is 12.4. The number of carbonyl (C=O) groups is 2. The fourth-order valence-electron chi connectivity index (χ4n) is 7.95. The maximum Gasteiger partial charge on any atom is 0.471 e. The highest BCUT2D eigenvalue weighted by Gasteiger charge is 2.55. The number of carbonyl (C=O) groups excluding carboxylic acids is 2. The van der Waals surface area contributed by atoms with Crippen molar-refractivity contribution in [1.29, 1.82) is 0 Å². The van der Waals surface area contributed by atoms with Crippen LogP contribution in [0.15, 0.2) is 6.07 Å². The first kappa shape index (κ1) is 31.1. The molecule has 4 N–H and O–H groups in total. The van der Waals surface area contributed by atoms with Gasteiger partial charge in [0, 0.05) is 46.9 Å². The molecule has 2 bridgehead atoms. The molecule has 4 aliphatic heterocycles. The van der Waals surface area contributed by atoms with E-state index in [1.807, 2.05) is 20.0 Å². The van der Waals surface area contributed by atoms with Crippen LogP contribution in [0.1, 0.15) is 59.3 Å². The van der Waals surface area contributed by atoms with Gasteiger partial charge in [-0.2, -0.15) is 13.2 Å². The molecule has 244 valence electrons. The van der Waals surface area contributed by atoms with Crippen molar-refractivity contribution in [3.63, 3.8) is 0 Å². The topological polar surface area (TPSA) is 133 Å². The highest BCUT2D eigenvalue weighted by atomic mass is 19.4. The van der Waals surface area contributed by atoms with Crippen LogP contribution in [0.4, 0.5) is 13.2 Å². The number of amides is 2. The maximum atomic E-state index is 13.0. The Morgan fingerprint density at radius 3 is 2.47 bits per heavy atom. The largest absolute Gasteiger partial charge is 0.507 e. The molecule has 1 saturated heterocycles. The van der Waals surface area contributed by atoms with Gasteiger partial charge < -0.3 is 35.1 Å². The smallest absolute Gasteiger partial charge is 0.471 e. The predicted molar refractivity (Wildman–Crippen MR) is 155 cm³/mol. The lowest BCUT2D eigenvalue weighted by molar-refractivity contribution is -0.174. The van der Waals surface area contributed by atoms with Gasteiger partial charge in [0.15, 0.2) is 23.0 Å². The molecule has 2 aromatic rings. The molecule has 0 spiro atoms. The predicted octanol–water partition coefficient (Wildman–Crippen LogP) is 2.90. The Labute approximate surface area is 258 Å². The number of hydrogen-bond acceptors (Lipinski definition) is 9. The van der Waals surface area contributed by atoms with Gasteiger partial charge in [0.1, 0.15) is 11.8 Å². The summed E-state index contributed by atoms with van der Waals surface area (Å²) in [6.45, 7) is 6.77. The molecular weight excluding hydrogens is 597 g/mol. The summed E-state index contributed by atoms with van der Waals surface area (Å²) >= 11 is 0. The van der Waals surface area contributed by atoms with E-state index in [2.05, 4.69) is 22.0 Å². The van der Waals surface area contributed by atoms with Crippen LogP contribution in [0.3, 0.4) is 0 Å². The number of phenols is 2. The van der Waals surface area contributed by atoms with Gasteiger partial charge in [-0.15, -0.1) is 0 Å². The van der Waals surface area contributed by atoms with Crippen LogP contribution in [0, 0.1) is 13.8 Å². The number of fused-ring (bicyclic) bond motifs is 9. The number of piperazine rings is 1. The molecule has 6 rings (SSSR count). The van der Waals surface area contributed by atoms with Gasteiger partial charge >= 0.3 is 12.1 Å². The number of nitrogens with zero attached hydrogens (tertiary/aromatic N) is 2. The minimum atomic E-state index is -5.13. The molecule has 6 atom stereocenters.